The van der Waals surface area contributed by atoms with Crippen LogP contribution in [0.4, 0.5) is 13.2 Å². The number of carbonyl (C=O) groups excluding carboxylic acids is 1. The van der Waals surface area contributed by atoms with E-state index in [1.54, 1.807) is 7.11 Å². The van der Waals surface area contributed by atoms with Gasteiger partial charge in [0.1, 0.15) is 6.61 Å². The van der Waals surface area contributed by atoms with Crippen molar-refractivity contribution in [1.82, 2.24) is 0 Å². The summed E-state index contributed by atoms with van der Waals surface area (Å²) in [6.07, 6.45) is 1.06. The smallest absolute Gasteiger partial charge is 0.454 e. The van der Waals surface area contributed by atoms with E-state index in [1.165, 1.54) is 25.7 Å². The molecule has 25 heavy (non-hydrogen) atoms. The molecule has 1 aliphatic carbocycles. The minimum absolute atomic E-state index is 0.242. The molecule has 8 heteroatoms. The zero-order chi connectivity index (χ0) is 18.3. The molecule has 0 radical (unpaired) electrons. The van der Waals surface area contributed by atoms with E-state index < -0.39 is 25.0 Å². The highest BCUT2D eigenvalue weighted by Gasteiger charge is 2.41. The van der Waals surface area contributed by atoms with Crippen molar-refractivity contribution in [3.8, 4) is 0 Å². The molecule has 0 amide bonds. The van der Waals surface area contributed by atoms with Crippen LogP contribution < -0.4 is 0 Å². The lowest BCUT2D eigenvalue weighted by atomic mass is 9.79. The largest absolute Gasteiger partial charge is 0.490 e. The first-order valence-electron chi connectivity index (χ1n) is 8.84. The molecular weight excluding hydrogens is 341 g/mol. The van der Waals surface area contributed by atoms with E-state index in [9.17, 15) is 18.0 Å². The molecule has 1 heterocycles. The molecule has 0 atom stereocenters. The SMILES string of the molecule is COCC1CCC(CCC2COC(COC(=O)C(F)(F)F)OC2)CC1. The van der Waals surface area contributed by atoms with Gasteiger partial charge >= 0.3 is 12.1 Å². The third-order valence-corrected chi connectivity index (χ3v) is 4.97. The van der Waals surface area contributed by atoms with Crippen LogP contribution in [0.15, 0.2) is 0 Å². The van der Waals surface area contributed by atoms with Crippen LogP contribution in [0.5, 0.6) is 0 Å². The summed E-state index contributed by atoms with van der Waals surface area (Å²) in [6, 6.07) is 0. The molecule has 2 fully saturated rings. The van der Waals surface area contributed by atoms with E-state index in [2.05, 4.69) is 4.74 Å². The van der Waals surface area contributed by atoms with Gasteiger partial charge in [0.05, 0.1) is 13.2 Å². The summed E-state index contributed by atoms with van der Waals surface area (Å²) in [5.74, 6) is -0.571. The van der Waals surface area contributed by atoms with E-state index in [-0.39, 0.29) is 5.92 Å². The first-order chi connectivity index (χ1) is 11.9. The first kappa shape index (κ1) is 20.5. The van der Waals surface area contributed by atoms with E-state index in [4.69, 9.17) is 14.2 Å². The van der Waals surface area contributed by atoms with Crippen molar-refractivity contribution in [2.45, 2.75) is 51.0 Å². The highest BCUT2D eigenvalue weighted by molar-refractivity contribution is 5.75. The number of alkyl halides is 3. The van der Waals surface area contributed by atoms with Gasteiger partial charge in [-0.1, -0.05) is 19.3 Å². The third kappa shape index (κ3) is 7.11. The maximum absolute atomic E-state index is 12.0. The average Bonchev–Trinajstić information content (AvgIpc) is 2.59. The highest BCUT2D eigenvalue weighted by atomic mass is 19.4. The topological polar surface area (TPSA) is 54.0 Å². The van der Waals surface area contributed by atoms with Gasteiger partial charge in [0.25, 0.3) is 0 Å². The zero-order valence-electron chi connectivity index (χ0n) is 14.6. The fourth-order valence-electron chi connectivity index (χ4n) is 3.47. The van der Waals surface area contributed by atoms with Crippen LogP contribution in [0.3, 0.4) is 0 Å². The monoisotopic (exact) mass is 368 g/mol. The third-order valence-electron chi connectivity index (χ3n) is 4.97. The molecule has 1 saturated heterocycles. The predicted octanol–water partition coefficient (Wildman–Crippen LogP) is 3.31. The van der Waals surface area contributed by atoms with Crippen LogP contribution in [-0.2, 0) is 23.7 Å². The molecular formula is C17H27F3O5. The number of esters is 1. The molecule has 0 bridgehead atoms. The van der Waals surface area contributed by atoms with Crippen LogP contribution in [0, 0.1) is 17.8 Å². The van der Waals surface area contributed by atoms with Gasteiger partial charge in [0.2, 0.25) is 0 Å². The Morgan fingerprint density at radius 2 is 1.52 bits per heavy atom. The zero-order valence-corrected chi connectivity index (χ0v) is 14.6. The Balaban J connectivity index is 1.56. The van der Waals surface area contributed by atoms with Gasteiger partial charge in [-0.3, -0.25) is 0 Å². The lowest BCUT2D eigenvalue weighted by Crippen LogP contribution is -2.37. The summed E-state index contributed by atoms with van der Waals surface area (Å²) in [4.78, 5) is 10.6. The molecule has 0 aromatic carbocycles. The average molecular weight is 368 g/mol. The summed E-state index contributed by atoms with van der Waals surface area (Å²) < 4.78 is 56.2. The van der Waals surface area contributed by atoms with Gasteiger partial charge in [-0.15, -0.1) is 0 Å². The molecule has 0 aromatic rings. The molecule has 2 aliphatic rings. The molecule has 0 N–H and O–H groups in total. The van der Waals surface area contributed by atoms with Crippen molar-refractivity contribution in [3.63, 3.8) is 0 Å². The number of hydrogen-bond acceptors (Lipinski definition) is 5. The van der Waals surface area contributed by atoms with Gasteiger partial charge in [-0.05, 0) is 31.1 Å². The minimum Gasteiger partial charge on any atom is -0.454 e. The van der Waals surface area contributed by atoms with Crippen molar-refractivity contribution in [2.24, 2.45) is 17.8 Å². The van der Waals surface area contributed by atoms with Crippen LogP contribution in [0.25, 0.3) is 0 Å². The molecule has 5 nitrogen and oxygen atoms in total. The van der Waals surface area contributed by atoms with Gasteiger partial charge in [-0.2, -0.15) is 13.2 Å². The standard InChI is InChI=1S/C17H27F3O5/c1-22-8-13-5-2-12(3-6-13)4-7-14-9-23-15(24-10-14)11-25-16(21)17(18,19)20/h12-15H,2-11H2,1H3. The Hall–Kier alpha value is -0.860. The van der Waals surface area contributed by atoms with Crippen LogP contribution in [0.1, 0.15) is 38.5 Å². The predicted molar refractivity (Wildman–Crippen MR) is 82.8 cm³/mol. The molecule has 0 unspecified atom stereocenters. The van der Waals surface area contributed by atoms with Gasteiger partial charge in [0.15, 0.2) is 6.29 Å². The quantitative estimate of drug-likeness (QED) is 0.646. The fourth-order valence-corrected chi connectivity index (χ4v) is 3.47. The number of carbonyl (C=O) groups is 1. The van der Waals surface area contributed by atoms with Gasteiger partial charge in [0, 0.05) is 19.6 Å². The Morgan fingerprint density at radius 1 is 0.960 bits per heavy atom. The van der Waals surface area contributed by atoms with Crippen LogP contribution in [0.2, 0.25) is 0 Å². The number of ether oxygens (including phenoxy) is 4. The second kappa shape index (κ2) is 9.73. The van der Waals surface area contributed by atoms with Crippen molar-refractivity contribution >= 4 is 5.97 Å². The Morgan fingerprint density at radius 3 is 2.08 bits per heavy atom. The second-order valence-electron chi connectivity index (χ2n) is 6.98. The molecule has 1 aliphatic heterocycles. The van der Waals surface area contributed by atoms with Crippen LogP contribution >= 0.6 is 0 Å². The summed E-state index contributed by atoms with van der Waals surface area (Å²) in [6.45, 7) is 1.16. The number of halogens is 3. The van der Waals surface area contributed by atoms with E-state index >= 15 is 0 Å². The van der Waals surface area contributed by atoms with Gasteiger partial charge in [-0.25, -0.2) is 4.79 Å². The summed E-state index contributed by atoms with van der Waals surface area (Å²) >= 11 is 0. The molecule has 0 aromatic heterocycles. The first-order valence-corrected chi connectivity index (χ1v) is 8.84. The van der Waals surface area contributed by atoms with E-state index in [1.807, 2.05) is 0 Å². The van der Waals surface area contributed by atoms with E-state index in [0.29, 0.717) is 19.1 Å². The fraction of sp³-hybridized carbons (Fsp3) is 0.941. The van der Waals surface area contributed by atoms with Gasteiger partial charge < -0.3 is 18.9 Å². The molecule has 146 valence electrons. The number of hydrogen-bond donors (Lipinski definition) is 0. The lowest BCUT2D eigenvalue weighted by molar-refractivity contribution is -0.236. The molecule has 0 spiro atoms. The van der Waals surface area contributed by atoms with Crippen molar-refractivity contribution in [1.29, 1.82) is 0 Å². The van der Waals surface area contributed by atoms with Crippen molar-refractivity contribution in [2.75, 3.05) is 33.5 Å². The van der Waals surface area contributed by atoms with E-state index in [0.717, 1.165) is 25.4 Å². The second-order valence-corrected chi connectivity index (χ2v) is 6.98. The number of rotatable bonds is 7. The lowest BCUT2D eigenvalue weighted by Gasteiger charge is -2.32. The minimum atomic E-state index is -4.99. The van der Waals surface area contributed by atoms with Crippen molar-refractivity contribution < 1.29 is 36.9 Å². The Labute approximate surface area is 146 Å². The van der Waals surface area contributed by atoms with Crippen LogP contribution in [-0.4, -0.2) is 52.0 Å². The molecule has 1 saturated carbocycles. The molecule has 2 rings (SSSR count). The maximum atomic E-state index is 12.0. The number of methoxy groups -OCH3 is 1. The Kier molecular flexibility index (Phi) is 7.96. The summed E-state index contributed by atoms with van der Waals surface area (Å²) in [5.41, 5.74) is 0. The van der Waals surface area contributed by atoms with Crippen molar-refractivity contribution in [3.05, 3.63) is 0 Å². The highest BCUT2D eigenvalue weighted by Crippen LogP contribution is 2.33. The maximum Gasteiger partial charge on any atom is 0.490 e. The Bertz CT molecular complexity index is 400. The normalized spacial score (nSPS) is 30.9. The summed E-state index contributed by atoms with van der Waals surface area (Å²) in [7, 11) is 1.74. The summed E-state index contributed by atoms with van der Waals surface area (Å²) in [5, 5.41) is 0.